The van der Waals surface area contributed by atoms with Crippen molar-refractivity contribution in [2.24, 2.45) is 11.7 Å². The Kier molecular flexibility index (Phi) is 5.66. The predicted octanol–water partition coefficient (Wildman–Crippen LogP) is -0.143. The third kappa shape index (κ3) is 6.54. The number of nitrogens with one attached hydrogen (secondary N) is 1. The summed E-state index contributed by atoms with van der Waals surface area (Å²) in [5, 5.41) is 12.0. The Morgan fingerprint density at radius 3 is 2.38 bits per heavy atom. The Morgan fingerprint density at radius 1 is 1.46 bits per heavy atom. The fourth-order valence-corrected chi connectivity index (χ4v) is 1.01. The lowest BCUT2D eigenvalue weighted by Crippen LogP contribution is -2.41. The van der Waals surface area contributed by atoms with Crippen molar-refractivity contribution in [3.63, 3.8) is 0 Å². The van der Waals surface area contributed by atoms with Crippen LogP contribution in [0.3, 0.4) is 0 Å². The Hall–Kier alpha value is -0.610. The molecule has 4 nitrogen and oxygen atoms in total. The van der Waals surface area contributed by atoms with Gasteiger partial charge in [-0.05, 0) is 19.3 Å². The summed E-state index contributed by atoms with van der Waals surface area (Å²) in [5.41, 5.74) is 5.33. The van der Waals surface area contributed by atoms with Crippen molar-refractivity contribution in [1.29, 1.82) is 0 Å². The van der Waals surface area contributed by atoms with Crippen LogP contribution in [0.4, 0.5) is 0 Å². The lowest BCUT2D eigenvalue weighted by molar-refractivity contribution is -0.122. The molecule has 0 fully saturated rings. The van der Waals surface area contributed by atoms with E-state index in [2.05, 4.69) is 5.32 Å². The first kappa shape index (κ1) is 12.4. The maximum absolute atomic E-state index is 11.0. The molecule has 0 aromatic rings. The largest absolute Gasteiger partial charge is 0.391 e. The minimum absolute atomic E-state index is 0.220. The lowest BCUT2D eigenvalue weighted by Gasteiger charge is -2.14. The number of carbonyl (C=O) groups excluding carboxylic acids is 1. The fourth-order valence-electron chi connectivity index (χ4n) is 1.01. The van der Waals surface area contributed by atoms with Crippen LogP contribution in [-0.2, 0) is 4.79 Å². The van der Waals surface area contributed by atoms with Gasteiger partial charge in [-0.25, -0.2) is 0 Å². The highest BCUT2D eigenvalue weighted by molar-refractivity contribution is 5.80. The second-order valence-corrected chi connectivity index (χ2v) is 3.82. The molecule has 0 saturated heterocycles. The molecule has 0 bridgehead atoms. The molecule has 4 N–H and O–H groups in total. The molecule has 13 heavy (non-hydrogen) atoms. The van der Waals surface area contributed by atoms with Crippen molar-refractivity contribution in [3.8, 4) is 0 Å². The molecular weight excluding hydrogens is 168 g/mol. The van der Waals surface area contributed by atoms with E-state index >= 15 is 0 Å². The molecule has 1 amide bonds. The van der Waals surface area contributed by atoms with E-state index in [1.54, 1.807) is 6.92 Å². The molecule has 0 spiro atoms. The maximum atomic E-state index is 11.0. The van der Waals surface area contributed by atoms with E-state index in [1.807, 2.05) is 13.8 Å². The Labute approximate surface area is 79.5 Å². The van der Waals surface area contributed by atoms with Gasteiger partial charge in [0.2, 0.25) is 5.91 Å². The van der Waals surface area contributed by atoms with Crippen LogP contribution in [-0.4, -0.2) is 29.7 Å². The summed E-state index contributed by atoms with van der Waals surface area (Å²) in [4.78, 5) is 11.0. The van der Waals surface area contributed by atoms with Crippen molar-refractivity contribution >= 4 is 5.91 Å². The molecule has 0 aromatic carbocycles. The molecule has 2 atom stereocenters. The summed E-state index contributed by atoms with van der Waals surface area (Å²) >= 11 is 0. The van der Waals surface area contributed by atoms with Crippen LogP contribution in [0.25, 0.3) is 0 Å². The van der Waals surface area contributed by atoms with Crippen LogP contribution in [0.15, 0.2) is 0 Å². The highest BCUT2D eigenvalue weighted by atomic mass is 16.3. The van der Waals surface area contributed by atoms with E-state index in [9.17, 15) is 9.90 Å². The average Bonchev–Trinajstić information content (AvgIpc) is 1.98. The zero-order chi connectivity index (χ0) is 10.4. The highest BCUT2D eigenvalue weighted by Gasteiger charge is 2.10. The van der Waals surface area contributed by atoms with Gasteiger partial charge in [-0.15, -0.1) is 0 Å². The van der Waals surface area contributed by atoms with Crippen molar-refractivity contribution in [3.05, 3.63) is 0 Å². The molecule has 0 aliphatic rings. The summed E-state index contributed by atoms with van der Waals surface area (Å²) in [6.07, 6.45) is 0.224. The van der Waals surface area contributed by atoms with Gasteiger partial charge in [0.1, 0.15) is 0 Å². The molecule has 0 aliphatic carbocycles. The van der Waals surface area contributed by atoms with Crippen LogP contribution in [0.2, 0.25) is 0 Å². The molecule has 0 aromatic heterocycles. The zero-order valence-electron chi connectivity index (χ0n) is 8.58. The number of carbonyl (C=O) groups is 1. The molecule has 4 heteroatoms. The molecule has 0 aliphatic heterocycles. The van der Waals surface area contributed by atoms with Gasteiger partial charge in [0.15, 0.2) is 0 Å². The summed E-state index contributed by atoms with van der Waals surface area (Å²) in [6.45, 7) is 5.95. The van der Waals surface area contributed by atoms with E-state index < -0.39 is 12.1 Å². The fraction of sp³-hybridized carbons (Fsp3) is 0.889. The maximum Gasteiger partial charge on any atom is 0.236 e. The second kappa shape index (κ2) is 5.94. The monoisotopic (exact) mass is 188 g/mol. The number of nitrogens with two attached hydrogens (primary N) is 1. The summed E-state index contributed by atoms with van der Waals surface area (Å²) in [6, 6.07) is -0.508. The van der Waals surface area contributed by atoms with E-state index in [1.165, 1.54) is 0 Å². The number of hydrogen-bond donors (Lipinski definition) is 3. The topological polar surface area (TPSA) is 75.3 Å². The van der Waals surface area contributed by atoms with E-state index in [0.717, 1.165) is 0 Å². The minimum atomic E-state index is -0.508. The van der Waals surface area contributed by atoms with Gasteiger partial charge in [-0.3, -0.25) is 4.79 Å². The smallest absolute Gasteiger partial charge is 0.236 e. The molecule has 0 heterocycles. The van der Waals surface area contributed by atoms with Crippen LogP contribution in [0, 0.1) is 5.92 Å². The number of aliphatic hydroxyl groups is 1. The van der Waals surface area contributed by atoms with E-state index in [0.29, 0.717) is 18.9 Å². The highest BCUT2D eigenvalue weighted by Crippen LogP contribution is 2.02. The van der Waals surface area contributed by atoms with Crippen molar-refractivity contribution in [2.75, 3.05) is 6.54 Å². The second-order valence-electron chi connectivity index (χ2n) is 3.82. The quantitative estimate of drug-likeness (QED) is 0.562. The standard InChI is InChI=1S/C9H20N2O2/c1-6(2)4-8(12)5-11-9(13)7(3)10/h6-8,12H,4-5,10H2,1-3H3,(H,11,13). The van der Waals surface area contributed by atoms with Gasteiger partial charge >= 0.3 is 0 Å². The van der Waals surface area contributed by atoms with E-state index in [4.69, 9.17) is 5.73 Å². The average molecular weight is 188 g/mol. The Morgan fingerprint density at radius 2 is 2.00 bits per heavy atom. The van der Waals surface area contributed by atoms with Crippen LogP contribution in [0.5, 0.6) is 0 Å². The number of amides is 1. The first-order valence-electron chi connectivity index (χ1n) is 4.64. The van der Waals surface area contributed by atoms with Gasteiger partial charge in [-0.2, -0.15) is 0 Å². The van der Waals surface area contributed by atoms with Crippen molar-refractivity contribution < 1.29 is 9.90 Å². The van der Waals surface area contributed by atoms with Gasteiger partial charge < -0.3 is 16.2 Å². The summed E-state index contributed by atoms with van der Waals surface area (Å²) < 4.78 is 0. The normalized spacial score (nSPS) is 15.5. The van der Waals surface area contributed by atoms with Gasteiger partial charge in [0.05, 0.1) is 12.1 Å². The predicted molar refractivity (Wildman–Crippen MR) is 52.1 cm³/mol. The zero-order valence-corrected chi connectivity index (χ0v) is 8.58. The van der Waals surface area contributed by atoms with Gasteiger partial charge in [0.25, 0.3) is 0 Å². The van der Waals surface area contributed by atoms with Gasteiger partial charge in [0, 0.05) is 6.54 Å². The molecule has 78 valence electrons. The number of rotatable bonds is 5. The third-order valence-electron chi connectivity index (χ3n) is 1.67. The third-order valence-corrected chi connectivity index (χ3v) is 1.67. The van der Waals surface area contributed by atoms with Crippen LogP contribution < -0.4 is 11.1 Å². The van der Waals surface area contributed by atoms with Crippen LogP contribution >= 0.6 is 0 Å². The lowest BCUT2D eigenvalue weighted by atomic mass is 10.1. The molecular formula is C9H20N2O2. The SMILES string of the molecule is CC(C)CC(O)CNC(=O)C(C)N. The molecule has 2 unspecified atom stereocenters. The molecule has 0 saturated carbocycles. The van der Waals surface area contributed by atoms with Crippen LogP contribution in [0.1, 0.15) is 27.2 Å². The van der Waals surface area contributed by atoms with Gasteiger partial charge in [-0.1, -0.05) is 13.8 Å². The molecule has 0 radical (unpaired) electrons. The Balaban J connectivity index is 3.58. The summed E-state index contributed by atoms with van der Waals surface area (Å²) in [5.74, 6) is 0.213. The Bertz CT molecular complexity index is 158. The number of aliphatic hydroxyl groups excluding tert-OH is 1. The van der Waals surface area contributed by atoms with Crippen molar-refractivity contribution in [2.45, 2.75) is 39.3 Å². The first-order chi connectivity index (χ1) is 5.93. The first-order valence-corrected chi connectivity index (χ1v) is 4.64. The van der Waals surface area contributed by atoms with Crippen molar-refractivity contribution in [1.82, 2.24) is 5.32 Å². The summed E-state index contributed by atoms with van der Waals surface area (Å²) in [7, 11) is 0. The van der Waals surface area contributed by atoms with E-state index in [-0.39, 0.29) is 5.91 Å². The number of hydrogen-bond acceptors (Lipinski definition) is 3. The molecule has 0 rings (SSSR count). The minimum Gasteiger partial charge on any atom is -0.391 e.